The van der Waals surface area contributed by atoms with Gasteiger partial charge in [0.1, 0.15) is 67.1 Å². The first-order valence-electron chi connectivity index (χ1n) is 45.7. The second-order valence-corrected chi connectivity index (χ2v) is 35.3. The summed E-state index contributed by atoms with van der Waals surface area (Å²) in [7, 11) is 1.54. The fourth-order valence-electron chi connectivity index (χ4n) is 15.8. The highest BCUT2D eigenvalue weighted by Gasteiger charge is 2.59. The predicted molar refractivity (Wildman–Crippen MR) is 518 cm³/mol. The summed E-state index contributed by atoms with van der Waals surface area (Å²) in [6.07, 6.45) is 4.17. The van der Waals surface area contributed by atoms with E-state index in [1.807, 2.05) is 0 Å². The highest BCUT2D eigenvalue weighted by molar-refractivity contribution is 6.29. The second kappa shape index (κ2) is 51.7. The van der Waals surface area contributed by atoms with Crippen molar-refractivity contribution in [2.45, 2.75) is 117 Å². The minimum absolute atomic E-state index is 0.00139. The monoisotopic (exact) mass is 2000 g/mol. The summed E-state index contributed by atoms with van der Waals surface area (Å²) in [6, 6.07) is 52.5. The number of ether oxygens (including phenoxy) is 7. The lowest BCUT2D eigenvalue weighted by molar-refractivity contribution is -0.166. The van der Waals surface area contributed by atoms with Crippen molar-refractivity contribution in [1.29, 1.82) is 0 Å². The molecule has 6 fully saturated rings. The van der Waals surface area contributed by atoms with Gasteiger partial charge in [0, 0.05) is 84.1 Å². The Morgan fingerprint density at radius 1 is 0.347 bits per heavy atom. The van der Waals surface area contributed by atoms with E-state index in [1.54, 1.807) is 185 Å². The molecule has 0 aliphatic carbocycles. The zero-order valence-electron chi connectivity index (χ0n) is 80.6. The number of hydrogen-bond acceptors (Lipinski definition) is 25. The van der Waals surface area contributed by atoms with E-state index in [9.17, 15) is 104 Å². The van der Waals surface area contributed by atoms with Gasteiger partial charge in [0.2, 0.25) is 29.5 Å². The molecule has 0 N–H and O–H groups in total. The molecule has 13 rings (SSSR count). The highest BCUT2D eigenvalue weighted by atomic mass is 35.5. The lowest BCUT2D eigenvalue weighted by Crippen LogP contribution is -2.53. The first-order chi connectivity index (χ1) is 68.3. The van der Waals surface area contributed by atoms with Crippen LogP contribution in [0.5, 0.6) is 5.75 Å². The molecule has 31 nitrogen and oxygen atoms in total. The van der Waals surface area contributed by atoms with E-state index in [2.05, 4.69) is 44.2 Å². The lowest BCUT2D eigenvalue weighted by Gasteiger charge is -2.36. The summed E-state index contributed by atoms with van der Waals surface area (Å²) in [6.45, 7) is 29.3. The molecule has 0 radical (unpaired) electrons. The fraction of sp³-hybridized carbons (Fsp3) is 0.333. The lowest BCUT2D eigenvalue weighted by atomic mass is 9.80. The van der Waals surface area contributed by atoms with E-state index in [0.29, 0.717) is 96.2 Å². The quantitative estimate of drug-likeness (QED) is 0.0115. The predicted octanol–water partition coefficient (Wildman–Crippen LogP) is 15.2. The molecule has 6 saturated heterocycles. The number of alkyl halides is 4. The molecule has 7 aromatic rings. The molecule has 0 saturated carbocycles. The number of carbonyl (C=O) groups is 18. The highest BCUT2D eigenvalue weighted by Crippen LogP contribution is 2.42. The van der Waals surface area contributed by atoms with E-state index in [0.717, 1.165) is 41.5 Å². The Balaban J connectivity index is 0.000000212. The van der Waals surface area contributed by atoms with Gasteiger partial charge in [-0.1, -0.05) is 185 Å². The largest absolute Gasteiger partial charge is 0.497 e. The van der Waals surface area contributed by atoms with Crippen LogP contribution in [0.3, 0.4) is 0 Å². The minimum Gasteiger partial charge on any atom is -0.497 e. The summed E-state index contributed by atoms with van der Waals surface area (Å²) >= 11 is 5.58. The van der Waals surface area contributed by atoms with Crippen LogP contribution in [0.25, 0.3) is 0 Å². The summed E-state index contributed by atoms with van der Waals surface area (Å²) < 4.78 is 88.1. The van der Waals surface area contributed by atoms with Crippen LogP contribution < -0.4 is 4.74 Å². The van der Waals surface area contributed by atoms with Crippen LogP contribution in [0.2, 0.25) is 0 Å². The van der Waals surface area contributed by atoms with Crippen molar-refractivity contribution in [3.8, 4) is 5.75 Å². The number of carbonyl (C=O) groups excluding carboxylic acids is 18. The zero-order valence-corrected chi connectivity index (χ0v) is 81.4. The number of benzene rings is 7. The van der Waals surface area contributed by atoms with E-state index in [4.69, 9.17) is 40.0 Å². The van der Waals surface area contributed by atoms with Crippen molar-refractivity contribution in [3.05, 3.63) is 319 Å². The molecule has 36 heteroatoms. The van der Waals surface area contributed by atoms with Gasteiger partial charge >= 0.3 is 42.0 Å². The molecule has 760 valence electrons. The van der Waals surface area contributed by atoms with Gasteiger partial charge in [0.05, 0.1) is 12.7 Å². The Morgan fingerprint density at radius 2 is 0.639 bits per heavy atom. The summed E-state index contributed by atoms with van der Waals surface area (Å²) in [4.78, 5) is 231. The average Bonchev–Trinajstić information content (AvgIpc) is 1.57. The first-order valence-corrected chi connectivity index (χ1v) is 46.1. The van der Waals surface area contributed by atoms with Gasteiger partial charge in [-0.3, -0.25) is 111 Å². The second-order valence-electron chi connectivity index (χ2n) is 34.8. The van der Waals surface area contributed by atoms with E-state index < -0.39 is 146 Å². The maximum atomic E-state index is 14.5. The van der Waals surface area contributed by atoms with Gasteiger partial charge in [-0.15, -0.1) is 0 Å². The number of methoxy groups -OCH3 is 1. The normalized spacial score (nSPS) is 20.5. The number of likely N-dealkylation sites (tertiary alicyclic amines) is 6. The van der Waals surface area contributed by atoms with Crippen molar-refractivity contribution in [3.63, 3.8) is 0 Å². The number of piperidine rings is 2. The van der Waals surface area contributed by atoms with E-state index in [1.165, 1.54) is 69.5 Å². The van der Waals surface area contributed by atoms with Crippen LogP contribution in [-0.4, -0.2) is 228 Å². The van der Waals surface area contributed by atoms with E-state index >= 15 is 0 Å². The third-order valence-electron chi connectivity index (χ3n) is 24.2. The van der Waals surface area contributed by atoms with Crippen LogP contribution in [0.1, 0.15) is 172 Å². The molecule has 6 unspecified atom stereocenters. The number of imide groups is 6. The minimum atomic E-state index is -4.50. The maximum absolute atomic E-state index is 14.5. The van der Waals surface area contributed by atoms with Crippen molar-refractivity contribution >= 4 is 118 Å². The standard InChI is InChI=1S/C23H20F3NO4.C19H23NO5.C18H21NO4.C17H18ClNO4.C16H17NO4.C15H14FNO4/c1-2-14-31-21(30)22(15-16-8-10-18(11-9-16)23(24,25)26)12-13-27(20(22)29)19(28)17-6-4-3-5-7-17;1-4-13-25-18(23)19(2)11-5-6-12-20(17(19)22)16(21)14-7-9-15(24-3)10-8-14;1-13(2)12-23-17(22)18(3)10-7-11-19(16(18)21)15(20)14-8-5-4-6-9-14;1-12(18)11-23-16(22)17(2)9-6-10-19(15(17)21)14(20)13-7-4-3-5-8-13;1-3-11-21-15(20)16(2)9-10-17(14(16)19)13(18)12-7-5-4-6-8-12;1-2-10-21-14(20)15(16)8-9-17(13(15)19)12(18)11-6-4-3-5-7-11/h2-11H,1,12-15H2;4,7-10H,1,5-6,11-13H2,2-3H3;4-6,8-9H,1,7,10-12H2,2-3H3;3-5,7-8H,1,6,9-11H2,2H3;3-8H,1,9-11H2,2H3;2-7H,1,8-10H2. The molecule has 0 aromatic heterocycles. The van der Waals surface area contributed by atoms with Gasteiger partial charge in [-0.05, 0) is 201 Å². The van der Waals surface area contributed by atoms with Crippen LogP contribution in [-0.2, 0) is 98.6 Å². The number of halogens is 5. The number of rotatable bonds is 27. The van der Waals surface area contributed by atoms with Crippen molar-refractivity contribution in [2.24, 2.45) is 27.1 Å². The molecular weight excluding hydrogens is 1890 g/mol. The zero-order chi connectivity index (χ0) is 106. The Bertz CT molecular complexity index is 5740. The Morgan fingerprint density at radius 3 is 0.986 bits per heavy atom. The number of hydrogen-bond donors (Lipinski definition) is 0. The Labute approximate surface area is 835 Å². The third kappa shape index (κ3) is 27.8. The molecule has 144 heavy (non-hydrogen) atoms. The average molecular weight is 2010 g/mol. The third-order valence-corrected chi connectivity index (χ3v) is 24.3. The maximum Gasteiger partial charge on any atom is 0.416 e. The molecule has 6 aliphatic rings. The topological polar surface area (TPSA) is 391 Å². The smallest absolute Gasteiger partial charge is 0.416 e. The van der Waals surface area contributed by atoms with Crippen LogP contribution >= 0.6 is 11.6 Å². The number of nitrogens with zero attached hydrogens (tertiary/aromatic N) is 6. The Hall–Kier alpha value is -15.6. The Kier molecular flexibility index (Phi) is 40.9. The molecule has 0 spiro atoms. The van der Waals surface area contributed by atoms with Crippen molar-refractivity contribution in [2.75, 3.05) is 86.0 Å². The van der Waals surface area contributed by atoms with Crippen molar-refractivity contribution < 1.29 is 137 Å². The van der Waals surface area contributed by atoms with Crippen LogP contribution in [0.15, 0.2) is 275 Å². The van der Waals surface area contributed by atoms with Gasteiger partial charge < -0.3 is 33.2 Å². The van der Waals surface area contributed by atoms with Crippen LogP contribution in [0, 0.1) is 27.1 Å². The molecule has 0 bridgehead atoms. The number of amides is 12. The van der Waals surface area contributed by atoms with Crippen molar-refractivity contribution in [1.82, 2.24) is 29.4 Å². The van der Waals surface area contributed by atoms with E-state index in [-0.39, 0.29) is 114 Å². The molecular formula is C108H113ClF4N6O25. The summed E-state index contributed by atoms with van der Waals surface area (Å²) in [5.74, 6) is -10.7. The fourth-order valence-corrected chi connectivity index (χ4v) is 15.8. The SMILES string of the molecule is C=C(C)COC(=O)C1(C)CCCN(C(=O)c2ccccc2)C1=O.C=C(Cl)COC(=O)C1(C)CCCN(C(=O)c2ccccc2)C1=O.C=CCOC(=O)C1(C)CCCCN(C(=O)c2ccc(OC)cc2)C1=O.C=CCOC(=O)C1(C)CCN(C(=O)c2ccccc2)C1=O.C=CCOC(=O)C1(Cc2ccc(C(F)(F)F)cc2)CCN(C(=O)c2ccccc2)C1=O.C=CCOC(=O)C1(F)CCN(C(=O)c2ccccc2)C1=O. The van der Waals surface area contributed by atoms with Gasteiger partial charge in [0.25, 0.3) is 47.0 Å². The molecule has 6 aliphatic heterocycles. The van der Waals surface area contributed by atoms with Gasteiger partial charge in [-0.25, -0.2) is 9.18 Å². The molecule has 6 heterocycles. The molecule has 12 amide bonds. The van der Waals surface area contributed by atoms with Crippen LogP contribution in [0.4, 0.5) is 17.6 Å². The first kappa shape index (κ1) is 114. The number of esters is 6. The summed E-state index contributed by atoms with van der Waals surface area (Å²) in [5, 5.41) is 0.169. The summed E-state index contributed by atoms with van der Waals surface area (Å²) in [5.41, 5.74) is -7.45. The van der Waals surface area contributed by atoms with Gasteiger partial charge in [-0.2, -0.15) is 13.2 Å². The molecule has 7 aromatic carbocycles. The molecule has 6 atom stereocenters. The van der Waals surface area contributed by atoms with Gasteiger partial charge in [0.15, 0.2) is 5.41 Å².